The van der Waals surface area contributed by atoms with Crippen molar-refractivity contribution in [3.63, 3.8) is 0 Å². The molecule has 5 heteroatoms. The van der Waals surface area contributed by atoms with Gasteiger partial charge in [-0.2, -0.15) is 0 Å². The average molecular weight is 396 g/mol. The first-order valence-electron chi connectivity index (χ1n) is 11.4. The predicted molar refractivity (Wildman–Crippen MR) is 116 cm³/mol. The Bertz CT molecular complexity index is 884. The molecule has 0 radical (unpaired) electrons. The van der Waals surface area contributed by atoms with Crippen LogP contribution < -0.4 is 4.74 Å². The van der Waals surface area contributed by atoms with Gasteiger partial charge < -0.3 is 14.2 Å². The van der Waals surface area contributed by atoms with Gasteiger partial charge in [-0.15, -0.1) is 0 Å². The number of aromatic nitrogens is 1. The maximum Gasteiger partial charge on any atom is 0.256 e. The third-order valence-corrected chi connectivity index (χ3v) is 7.37. The zero-order valence-electron chi connectivity index (χ0n) is 17.6. The molecule has 29 heavy (non-hydrogen) atoms. The number of methoxy groups -OCH3 is 1. The van der Waals surface area contributed by atoms with Gasteiger partial charge in [-0.25, -0.2) is 0 Å². The largest absolute Gasteiger partial charge is 0.495 e. The summed E-state index contributed by atoms with van der Waals surface area (Å²) in [6, 6.07) is 6.68. The molecule has 5 rings (SSSR count). The van der Waals surface area contributed by atoms with Crippen molar-refractivity contribution in [3.8, 4) is 5.75 Å². The Hall–Kier alpha value is -2.01. The fourth-order valence-corrected chi connectivity index (χ4v) is 5.80. The van der Waals surface area contributed by atoms with Crippen LogP contribution in [0.2, 0.25) is 0 Å². The quantitative estimate of drug-likeness (QED) is 0.780. The van der Waals surface area contributed by atoms with E-state index in [1.54, 1.807) is 7.11 Å². The van der Waals surface area contributed by atoms with Crippen molar-refractivity contribution in [2.75, 3.05) is 33.3 Å². The molecule has 1 atom stereocenters. The van der Waals surface area contributed by atoms with Crippen molar-refractivity contribution in [3.05, 3.63) is 30.0 Å². The number of carbonyl (C=O) groups is 1. The first-order chi connectivity index (χ1) is 14.2. The Balaban J connectivity index is 1.47. The van der Waals surface area contributed by atoms with Crippen molar-refractivity contribution in [1.29, 1.82) is 0 Å². The molecule has 5 nitrogen and oxygen atoms in total. The molecule has 2 saturated heterocycles. The maximum absolute atomic E-state index is 13.6. The highest BCUT2D eigenvalue weighted by Gasteiger charge is 2.34. The monoisotopic (exact) mass is 395 g/mol. The van der Waals surface area contributed by atoms with Crippen LogP contribution in [-0.4, -0.2) is 59.6 Å². The van der Waals surface area contributed by atoms with E-state index in [-0.39, 0.29) is 5.91 Å². The number of ether oxygens (including phenoxy) is 1. The second-order valence-electron chi connectivity index (χ2n) is 9.14. The molecule has 0 N–H and O–H groups in total. The van der Waals surface area contributed by atoms with Crippen molar-refractivity contribution in [2.24, 2.45) is 5.92 Å². The molecule has 2 aromatic rings. The summed E-state index contributed by atoms with van der Waals surface area (Å²) < 4.78 is 8.01. The number of fused-ring (bicyclic) bond motifs is 2. The van der Waals surface area contributed by atoms with Gasteiger partial charge in [0.1, 0.15) is 5.75 Å². The molecule has 156 valence electrons. The molecule has 3 heterocycles. The van der Waals surface area contributed by atoms with Crippen LogP contribution in [0, 0.1) is 5.92 Å². The van der Waals surface area contributed by atoms with Crippen LogP contribution in [0.3, 0.4) is 0 Å². The summed E-state index contributed by atoms with van der Waals surface area (Å²) in [6.45, 7) is 4.91. The van der Waals surface area contributed by atoms with Gasteiger partial charge in [-0.05, 0) is 44.2 Å². The minimum Gasteiger partial charge on any atom is -0.495 e. The van der Waals surface area contributed by atoms with Crippen molar-refractivity contribution in [2.45, 2.75) is 57.5 Å². The highest BCUT2D eigenvalue weighted by Crippen LogP contribution is 2.34. The zero-order chi connectivity index (χ0) is 19.8. The van der Waals surface area contributed by atoms with Gasteiger partial charge in [0.25, 0.3) is 5.91 Å². The summed E-state index contributed by atoms with van der Waals surface area (Å²) in [7, 11) is 1.73. The SMILES string of the molecule is COc1cccc2c(C(=O)N3CCN4CCC[C@@H]4C3)cn(CC3CCCCC3)c12. The summed E-state index contributed by atoms with van der Waals surface area (Å²) in [6.07, 6.45) is 11.2. The van der Waals surface area contributed by atoms with E-state index in [2.05, 4.69) is 26.6 Å². The molecule has 3 fully saturated rings. The van der Waals surface area contributed by atoms with Crippen LogP contribution in [0.4, 0.5) is 0 Å². The molecular formula is C24H33N3O2. The van der Waals surface area contributed by atoms with Crippen molar-refractivity contribution >= 4 is 16.8 Å². The van der Waals surface area contributed by atoms with E-state index in [9.17, 15) is 4.79 Å². The molecular weight excluding hydrogens is 362 g/mol. The Morgan fingerprint density at radius 2 is 1.93 bits per heavy atom. The average Bonchev–Trinajstić information content (AvgIpc) is 3.38. The number of carbonyl (C=O) groups excluding carboxylic acids is 1. The summed E-state index contributed by atoms with van der Waals surface area (Å²) in [5.74, 6) is 1.77. The van der Waals surface area contributed by atoms with E-state index in [0.717, 1.165) is 48.4 Å². The molecule has 0 unspecified atom stereocenters. The van der Waals surface area contributed by atoms with Crippen LogP contribution in [0.1, 0.15) is 55.3 Å². The highest BCUT2D eigenvalue weighted by molar-refractivity contribution is 6.08. The maximum atomic E-state index is 13.6. The normalized spacial score (nSPS) is 23.5. The Kier molecular flexibility index (Phi) is 5.25. The molecule has 2 aliphatic heterocycles. The number of amides is 1. The fraction of sp³-hybridized carbons (Fsp3) is 0.625. The number of hydrogen-bond acceptors (Lipinski definition) is 3. The number of hydrogen-bond donors (Lipinski definition) is 0. The Morgan fingerprint density at radius 1 is 1.07 bits per heavy atom. The number of benzene rings is 1. The number of nitrogens with zero attached hydrogens (tertiary/aromatic N) is 3. The lowest BCUT2D eigenvalue weighted by Crippen LogP contribution is -2.52. The first-order valence-corrected chi connectivity index (χ1v) is 11.4. The second kappa shape index (κ2) is 8.02. The predicted octanol–water partition coefficient (Wildman–Crippen LogP) is 4.15. The van der Waals surface area contributed by atoms with E-state index in [1.165, 1.54) is 51.5 Å². The summed E-state index contributed by atoms with van der Waals surface area (Å²) in [5, 5.41) is 1.04. The van der Waals surface area contributed by atoms with Crippen LogP contribution in [0.5, 0.6) is 5.75 Å². The molecule has 1 aromatic heterocycles. The Morgan fingerprint density at radius 3 is 2.76 bits per heavy atom. The standard InChI is InChI=1S/C24H33N3O2/c1-29-22-11-5-10-20-21(17-27(23(20)22)15-18-7-3-2-4-8-18)24(28)26-14-13-25-12-6-9-19(25)16-26/h5,10-11,17-19H,2-4,6-9,12-16H2,1H3/t19-/m1/s1. The molecule has 1 saturated carbocycles. The third kappa shape index (κ3) is 3.54. The summed E-state index contributed by atoms with van der Waals surface area (Å²) >= 11 is 0. The van der Waals surface area contributed by atoms with E-state index in [1.807, 2.05) is 12.1 Å². The van der Waals surface area contributed by atoms with Gasteiger partial charge in [0.15, 0.2) is 0 Å². The van der Waals surface area contributed by atoms with E-state index >= 15 is 0 Å². The van der Waals surface area contributed by atoms with Crippen LogP contribution >= 0.6 is 0 Å². The van der Waals surface area contributed by atoms with Gasteiger partial charge in [0.05, 0.1) is 18.2 Å². The van der Waals surface area contributed by atoms with E-state index < -0.39 is 0 Å². The fourth-order valence-electron chi connectivity index (χ4n) is 5.80. The lowest BCUT2D eigenvalue weighted by molar-refractivity contribution is 0.0573. The lowest BCUT2D eigenvalue weighted by atomic mass is 9.89. The van der Waals surface area contributed by atoms with Gasteiger partial charge in [0.2, 0.25) is 0 Å². The van der Waals surface area contributed by atoms with Gasteiger partial charge in [0, 0.05) is 43.8 Å². The molecule has 1 aromatic carbocycles. The smallest absolute Gasteiger partial charge is 0.256 e. The van der Waals surface area contributed by atoms with Gasteiger partial charge >= 0.3 is 0 Å². The number of piperazine rings is 1. The summed E-state index contributed by atoms with van der Waals surface area (Å²) in [4.78, 5) is 18.2. The zero-order valence-corrected chi connectivity index (χ0v) is 17.6. The summed E-state index contributed by atoms with van der Waals surface area (Å²) in [5.41, 5.74) is 1.93. The van der Waals surface area contributed by atoms with Crippen molar-refractivity contribution in [1.82, 2.24) is 14.4 Å². The van der Waals surface area contributed by atoms with E-state index in [0.29, 0.717) is 12.0 Å². The molecule has 0 bridgehead atoms. The minimum absolute atomic E-state index is 0.192. The van der Waals surface area contributed by atoms with Crippen LogP contribution in [0.15, 0.2) is 24.4 Å². The topological polar surface area (TPSA) is 37.7 Å². The Labute approximate surface area is 173 Å². The van der Waals surface area contributed by atoms with Gasteiger partial charge in [-0.1, -0.05) is 31.4 Å². The third-order valence-electron chi connectivity index (χ3n) is 7.37. The highest BCUT2D eigenvalue weighted by atomic mass is 16.5. The minimum atomic E-state index is 0.192. The molecule has 3 aliphatic rings. The number of para-hydroxylation sites is 1. The van der Waals surface area contributed by atoms with Crippen LogP contribution in [-0.2, 0) is 6.54 Å². The molecule has 1 amide bonds. The van der Waals surface area contributed by atoms with Gasteiger partial charge in [-0.3, -0.25) is 9.69 Å². The molecule has 0 spiro atoms. The first kappa shape index (κ1) is 19.0. The second-order valence-corrected chi connectivity index (χ2v) is 9.14. The van der Waals surface area contributed by atoms with Crippen molar-refractivity contribution < 1.29 is 9.53 Å². The van der Waals surface area contributed by atoms with E-state index in [4.69, 9.17) is 4.74 Å². The lowest BCUT2D eigenvalue weighted by Gasteiger charge is -2.37. The van der Waals surface area contributed by atoms with Crippen LogP contribution in [0.25, 0.3) is 10.9 Å². The number of rotatable bonds is 4. The molecule has 1 aliphatic carbocycles.